The molecule has 11 heavy (non-hydrogen) atoms. The van der Waals surface area contributed by atoms with Crippen molar-refractivity contribution in [2.24, 2.45) is 5.73 Å². The van der Waals surface area contributed by atoms with Crippen LogP contribution in [-0.4, -0.2) is 6.04 Å². The quantitative estimate of drug-likeness (QED) is 0.682. The van der Waals surface area contributed by atoms with Crippen LogP contribution in [0.1, 0.15) is 32.1 Å². The average molecular weight is 230 g/mol. The van der Waals surface area contributed by atoms with Crippen molar-refractivity contribution < 1.29 is 32.7 Å². The zero-order valence-corrected chi connectivity index (χ0v) is 9.89. The molecule has 1 rings (SSSR count). The van der Waals surface area contributed by atoms with Crippen LogP contribution in [0.5, 0.6) is 0 Å². The smallest absolute Gasteiger partial charge is 0 e. The van der Waals surface area contributed by atoms with Crippen LogP contribution < -0.4 is 5.73 Å². The molecule has 3 heteroatoms. The van der Waals surface area contributed by atoms with Gasteiger partial charge in [0, 0.05) is 32.7 Å². The molecule has 63 valence electrons. The van der Waals surface area contributed by atoms with E-state index in [9.17, 15) is 0 Å². The van der Waals surface area contributed by atoms with Gasteiger partial charge in [0.05, 0.1) is 0 Å². The fraction of sp³-hybridized carbons (Fsp3) is 0.750. The van der Waals surface area contributed by atoms with Gasteiger partial charge in [-0.05, 0) is 6.20 Å². The molecule has 0 unspecified atom stereocenters. The molecule has 1 saturated carbocycles. The Hall–Kier alpha value is 0.604. The predicted octanol–water partition coefficient (Wildman–Crippen LogP) is 2.46. The molecule has 1 aliphatic carbocycles. The molecule has 0 aromatic rings. The summed E-state index contributed by atoms with van der Waals surface area (Å²) in [6.45, 7) is 3.14. The second-order valence-electron chi connectivity index (χ2n) is 2.57. The van der Waals surface area contributed by atoms with Crippen molar-refractivity contribution in [3.63, 3.8) is 0 Å². The molecule has 3 N–H and O–H groups in total. The van der Waals surface area contributed by atoms with Gasteiger partial charge in [-0.3, -0.25) is 0 Å². The third-order valence-corrected chi connectivity index (χ3v) is 1.61. The van der Waals surface area contributed by atoms with Gasteiger partial charge in [0.25, 0.3) is 0 Å². The van der Waals surface area contributed by atoms with E-state index in [4.69, 9.17) is 5.73 Å². The first-order valence-corrected chi connectivity index (χ1v) is 3.85. The summed E-state index contributed by atoms with van der Waals surface area (Å²) in [7, 11) is 0. The summed E-state index contributed by atoms with van der Waals surface area (Å²) < 4.78 is 0. The van der Waals surface area contributed by atoms with E-state index in [-0.39, 0.29) is 38.8 Å². The fourth-order valence-corrected chi connectivity index (χ4v) is 1.10. The molecule has 1 fully saturated rings. The van der Waals surface area contributed by atoms with Crippen molar-refractivity contribution in [1.82, 2.24) is 0 Å². The maximum absolute atomic E-state index is 7.27. The van der Waals surface area contributed by atoms with Gasteiger partial charge in [-0.25, -0.2) is 0 Å². The monoisotopic (exact) mass is 230 g/mol. The molecule has 0 aliphatic heterocycles. The summed E-state index contributed by atoms with van der Waals surface area (Å²) >= 11 is 0. The Labute approximate surface area is 94.7 Å². The standard InChI is InChI=1S/C6H12N.C2H5N.Y/c7-6-4-2-1-3-5-6;1-2-3;/h6-7H,1-5H2;2H,1,3H2;/q-1;;. The van der Waals surface area contributed by atoms with Gasteiger partial charge < -0.3 is 11.5 Å². The van der Waals surface area contributed by atoms with Crippen molar-refractivity contribution in [1.29, 1.82) is 0 Å². The van der Waals surface area contributed by atoms with Gasteiger partial charge >= 0.3 is 0 Å². The van der Waals surface area contributed by atoms with Gasteiger partial charge in [0.2, 0.25) is 0 Å². The molecular formula is C8H17N2Y-. The number of nitrogens with one attached hydrogen (secondary N) is 1. The molecule has 0 heterocycles. The van der Waals surface area contributed by atoms with E-state index in [2.05, 4.69) is 12.3 Å². The van der Waals surface area contributed by atoms with E-state index in [1.165, 1.54) is 25.5 Å². The maximum atomic E-state index is 7.27. The minimum absolute atomic E-state index is 0. The van der Waals surface area contributed by atoms with E-state index in [0.717, 1.165) is 12.8 Å². The first-order chi connectivity index (χ1) is 4.81. The molecule has 0 spiro atoms. The van der Waals surface area contributed by atoms with Gasteiger partial charge in [0.1, 0.15) is 0 Å². The molecular weight excluding hydrogens is 213 g/mol. The summed E-state index contributed by atoms with van der Waals surface area (Å²) in [4.78, 5) is 0. The van der Waals surface area contributed by atoms with Crippen LogP contribution in [0.4, 0.5) is 0 Å². The fourth-order valence-electron chi connectivity index (χ4n) is 1.10. The van der Waals surface area contributed by atoms with Crippen LogP contribution in [0.2, 0.25) is 0 Å². The number of hydrogen-bond acceptors (Lipinski definition) is 1. The zero-order chi connectivity index (χ0) is 7.82. The van der Waals surface area contributed by atoms with Crippen LogP contribution in [0.25, 0.3) is 5.73 Å². The summed E-state index contributed by atoms with van der Waals surface area (Å²) in [5.41, 5.74) is 11.9. The Kier molecular flexibility index (Phi) is 13.6. The summed E-state index contributed by atoms with van der Waals surface area (Å²) in [5.74, 6) is 0. The first-order valence-electron chi connectivity index (χ1n) is 3.85. The van der Waals surface area contributed by atoms with Crippen molar-refractivity contribution in [3.8, 4) is 0 Å². The SMILES string of the molecule is C=CN.[NH-]C1CCCCC1.[Y]. The molecule has 0 bridgehead atoms. The molecule has 2 nitrogen and oxygen atoms in total. The average Bonchev–Trinajstić information content (AvgIpc) is 1.91. The van der Waals surface area contributed by atoms with Crippen molar-refractivity contribution in [3.05, 3.63) is 18.5 Å². The van der Waals surface area contributed by atoms with E-state index in [1.54, 1.807) is 0 Å². The van der Waals surface area contributed by atoms with Crippen LogP contribution in [0.15, 0.2) is 12.8 Å². The molecule has 1 radical (unpaired) electrons. The summed E-state index contributed by atoms with van der Waals surface area (Å²) in [6.07, 6.45) is 7.53. The van der Waals surface area contributed by atoms with Crippen molar-refractivity contribution in [2.75, 3.05) is 0 Å². The van der Waals surface area contributed by atoms with E-state index >= 15 is 0 Å². The summed E-state index contributed by atoms with van der Waals surface area (Å²) in [6, 6.07) is 0.286. The summed E-state index contributed by atoms with van der Waals surface area (Å²) in [5, 5.41) is 0. The maximum Gasteiger partial charge on any atom is 0 e. The molecule has 1 aliphatic rings. The van der Waals surface area contributed by atoms with Gasteiger partial charge in [0.15, 0.2) is 0 Å². The third kappa shape index (κ3) is 10.6. The molecule has 0 aromatic carbocycles. The van der Waals surface area contributed by atoms with Gasteiger partial charge in [-0.15, -0.1) is 6.04 Å². The second kappa shape index (κ2) is 10.6. The third-order valence-electron chi connectivity index (χ3n) is 1.61. The number of hydrogen-bond donors (Lipinski definition) is 1. The molecule has 0 atom stereocenters. The normalized spacial score (nSPS) is 17.2. The van der Waals surface area contributed by atoms with Crippen LogP contribution >= 0.6 is 0 Å². The minimum Gasteiger partial charge on any atom is -0.675 e. The van der Waals surface area contributed by atoms with Crippen LogP contribution in [0, 0.1) is 0 Å². The molecule has 0 saturated heterocycles. The van der Waals surface area contributed by atoms with E-state index in [1.807, 2.05) is 0 Å². The van der Waals surface area contributed by atoms with Crippen molar-refractivity contribution in [2.45, 2.75) is 38.1 Å². The van der Waals surface area contributed by atoms with Gasteiger partial charge in [-0.1, -0.05) is 38.7 Å². The Balaban J connectivity index is 0. The second-order valence-corrected chi connectivity index (χ2v) is 2.57. The predicted molar refractivity (Wildman–Crippen MR) is 45.6 cm³/mol. The zero-order valence-electron chi connectivity index (χ0n) is 7.05. The van der Waals surface area contributed by atoms with E-state index in [0.29, 0.717) is 0 Å². The van der Waals surface area contributed by atoms with E-state index < -0.39 is 0 Å². The minimum atomic E-state index is 0. The number of rotatable bonds is 0. The van der Waals surface area contributed by atoms with Crippen LogP contribution in [-0.2, 0) is 32.7 Å². The Morgan fingerprint density at radius 1 is 1.27 bits per heavy atom. The Morgan fingerprint density at radius 2 is 1.64 bits per heavy atom. The van der Waals surface area contributed by atoms with Crippen LogP contribution in [0.3, 0.4) is 0 Å². The topological polar surface area (TPSA) is 49.8 Å². The largest absolute Gasteiger partial charge is 0.675 e. The van der Waals surface area contributed by atoms with Crippen molar-refractivity contribution >= 4 is 0 Å². The molecule has 0 amide bonds. The first kappa shape index (κ1) is 14.1. The van der Waals surface area contributed by atoms with Gasteiger partial charge in [-0.2, -0.15) is 0 Å². The Bertz CT molecular complexity index is 80.2. The number of nitrogens with two attached hydrogens (primary N) is 1. The molecule has 0 aromatic heterocycles. The Morgan fingerprint density at radius 3 is 1.82 bits per heavy atom.